The van der Waals surface area contributed by atoms with Crippen LogP contribution in [-0.4, -0.2) is 57.3 Å². The Morgan fingerprint density at radius 2 is 2.12 bits per heavy atom. The van der Waals surface area contributed by atoms with Gasteiger partial charge in [-0.1, -0.05) is 26.0 Å². The molecule has 1 N–H and O–H groups in total. The zero-order valence-corrected chi connectivity index (χ0v) is 15.3. The molecule has 1 aromatic carbocycles. The van der Waals surface area contributed by atoms with Crippen LogP contribution in [0.25, 0.3) is 0 Å². The number of hydrogen-bond donors (Lipinski definition) is 1. The number of carbonyl (C=O) groups excluding carboxylic acids is 1. The van der Waals surface area contributed by atoms with Gasteiger partial charge in [0, 0.05) is 19.7 Å². The topological polar surface area (TPSA) is 50.8 Å². The average Bonchev–Trinajstić information content (AvgIpc) is 3.03. The van der Waals surface area contributed by atoms with Crippen molar-refractivity contribution in [2.24, 2.45) is 5.41 Å². The van der Waals surface area contributed by atoms with E-state index in [0.29, 0.717) is 24.5 Å². The Morgan fingerprint density at radius 1 is 1.38 bits per heavy atom. The highest BCUT2D eigenvalue weighted by Gasteiger charge is 2.22. The van der Waals surface area contributed by atoms with Crippen molar-refractivity contribution in [2.75, 3.05) is 40.4 Å². The Bertz CT molecular complexity index is 537. The fourth-order valence-corrected chi connectivity index (χ4v) is 3.07. The van der Waals surface area contributed by atoms with Crippen LogP contribution in [0.2, 0.25) is 0 Å². The molecule has 5 nitrogen and oxygen atoms in total. The van der Waals surface area contributed by atoms with Crippen molar-refractivity contribution < 1.29 is 14.3 Å². The van der Waals surface area contributed by atoms with Gasteiger partial charge in [-0.15, -0.1) is 0 Å². The Labute approximate surface area is 145 Å². The van der Waals surface area contributed by atoms with E-state index in [2.05, 4.69) is 24.1 Å². The van der Waals surface area contributed by atoms with Gasteiger partial charge >= 0.3 is 0 Å². The fourth-order valence-electron chi connectivity index (χ4n) is 3.07. The second-order valence-electron chi connectivity index (χ2n) is 7.53. The molecule has 0 aliphatic carbocycles. The smallest absolute Gasteiger partial charge is 0.255 e. The Hall–Kier alpha value is -1.59. The Morgan fingerprint density at radius 3 is 2.79 bits per heavy atom. The lowest BCUT2D eigenvalue weighted by atomic mass is 9.93. The summed E-state index contributed by atoms with van der Waals surface area (Å²) in [5, 5.41) is 3.04. The highest BCUT2D eigenvalue weighted by atomic mass is 16.5. The van der Waals surface area contributed by atoms with Crippen LogP contribution in [-0.2, 0) is 4.74 Å². The standard InChI is InChI=1S/C19H30N2O3/c1-19(2,14-21(3)4)13-20-18(22)16-9-5-6-10-17(16)24-12-15-8-7-11-23-15/h5-6,9-10,15H,7-8,11-14H2,1-4H3,(H,20,22). The number of ether oxygens (including phenoxy) is 2. The maximum Gasteiger partial charge on any atom is 0.255 e. The number of amides is 1. The molecule has 2 rings (SSSR count). The third-order valence-electron chi connectivity index (χ3n) is 4.05. The predicted octanol–water partition coefficient (Wildman–Crippen LogP) is 2.56. The summed E-state index contributed by atoms with van der Waals surface area (Å²) >= 11 is 0. The van der Waals surface area contributed by atoms with Crippen LogP contribution >= 0.6 is 0 Å². The first-order valence-electron chi connectivity index (χ1n) is 8.64. The molecule has 0 spiro atoms. The minimum absolute atomic E-state index is 0.00660. The highest BCUT2D eigenvalue weighted by molar-refractivity contribution is 5.96. The summed E-state index contributed by atoms with van der Waals surface area (Å²) in [5.74, 6) is 0.528. The van der Waals surface area contributed by atoms with Crippen LogP contribution in [0.5, 0.6) is 5.75 Å². The van der Waals surface area contributed by atoms with Gasteiger partial charge in [0.25, 0.3) is 5.91 Å². The second kappa shape index (κ2) is 8.49. The molecule has 24 heavy (non-hydrogen) atoms. The van der Waals surface area contributed by atoms with Gasteiger partial charge in [0.15, 0.2) is 0 Å². The monoisotopic (exact) mass is 334 g/mol. The van der Waals surface area contributed by atoms with Gasteiger partial charge in [-0.3, -0.25) is 4.79 Å². The molecule has 1 unspecified atom stereocenters. The second-order valence-corrected chi connectivity index (χ2v) is 7.53. The fraction of sp³-hybridized carbons (Fsp3) is 0.632. The third-order valence-corrected chi connectivity index (χ3v) is 4.05. The largest absolute Gasteiger partial charge is 0.490 e. The molecule has 134 valence electrons. The molecule has 5 heteroatoms. The molecule has 0 saturated carbocycles. The van der Waals surface area contributed by atoms with E-state index in [4.69, 9.17) is 9.47 Å². The number of rotatable bonds is 8. The lowest BCUT2D eigenvalue weighted by Crippen LogP contribution is -2.40. The van der Waals surface area contributed by atoms with Gasteiger partial charge in [0.1, 0.15) is 12.4 Å². The molecule has 1 aromatic rings. The molecule has 1 aliphatic rings. The minimum atomic E-state index is -0.0928. The summed E-state index contributed by atoms with van der Waals surface area (Å²) in [7, 11) is 4.08. The van der Waals surface area contributed by atoms with Crippen LogP contribution in [0.15, 0.2) is 24.3 Å². The molecule has 0 radical (unpaired) electrons. The first-order valence-corrected chi connectivity index (χ1v) is 8.64. The van der Waals surface area contributed by atoms with Crippen LogP contribution in [0.1, 0.15) is 37.0 Å². The van der Waals surface area contributed by atoms with Crippen LogP contribution in [0.3, 0.4) is 0 Å². The molecule has 0 bridgehead atoms. The highest BCUT2D eigenvalue weighted by Crippen LogP contribution is 2.21. The van der Waals surface area contributed by atoms with Crippen molar-refractivity contribution >= 4 is 5.91 Å². The van der Waals surface area contributed by atoms with Gasteiger partial charge in [-0.25, -0.2) is 0 Å². The minimum Gasteiger partial charge on any atom is -0.490 e. The normalized spacial score (nSPS) is 18.0. The van der Waals surface area contributed by atoms with Crippen molar-refractivity contribution in [2.45, 2.75) is 32.8 Å². The summed E-state index contributed by atoms with van der Waals surface area (Å²) in [4.78, 5) is 14.7. The first kappa shape index (κ1) is 18.7. The molecular formula is C19H30N2O3. The zero-order valence-electron chi connectivity index (χ0n) is 15.3. The van der Waals surface area contributed by atoms with Crippen molar-refractivity contribution in [3.8, 4) is 5.75 Å². The maximum atomic E-state index is 12.6. The van der Waals surface area contributed by atoms with E-state index in [1.54, 1.807) is 6.07 Å². The summed E-state index contributed by atoms with van der Waals surface area (Å²) in [6, 6.07) is 7.39. The molecule has 1 heterocycles. The van der Waals surface area contributed by atoms with Crippen molar-refractivity contribution in [3.05, 3.63) is 29.8 Å². The first-order chi connectivity index (χ1) is 11.4. The SMILES string of the molecule is CN(C)CC(C)(C)CNC(=O)c1ccccc1OCC1CCCO1. The van der Waals surface area contributed by atoms with Gasteiger partial charge < -0.3 is 19.7 Å². The van der Waals surface area contributed by atoms with Crippen molar-refractivity contribution in [1.82, 2.24) is 10.2 Å². The molecular weight excluding hydrogens is 304 g/mol. The lowest BCUT2D eigenvalue weighted by Gasteiger charge is -2.28. The summed E-state index contributed by atoms with van der Waals surface area (Å²) in [6.07, 6.45) is 2.24. The summed E-state index contributed by atoms with van der Waals surface area (Å²) in [6.45, 7) is 7.11. The van der Waals surface area contributed by atoms with Crippen molar-refractivity contribution in [3.63, 3.8) is 0 Å². The number of nitrogens with zero attached hydrogens (tertiary/aromatic N) is 1. The number of carbonyl (C=O) groups is 1. The molecule has 1 atom stereocenters. The summed E-state index contributed by atoms with van der Waals surface area (Å²) < 4.78 is 11.4. The van der Waals surface area contributed by atoms with E-state index in [-0.39, 0.29) is 17.4 Å². The quantitative estimate of drug-likeness (QED) is 0.794. The van der Waals surface area contributed by atoms with E-state index in [0.717, 1.165) is 26.0 Å². The van der Waals surface area contributed by atoms with E-state index >= 15 is 0 Å². The van der Waals surface area contributed by atoms with Crippen LogP contribution in [0.4, 0.5) is 0 Å². The van der Waals surface area contributed by atoms with E-state index in [1.165, 1.54) is 0 Å². The molecule has 1 amide bonds. The lowest BCUT2D eigenvalue weighted by molar-refractivity contribution is 0.0670. The average molecular weight is 334 g/mol. The Balaban J connectivity index is 1.93. The van der Waals surface area contributed by atoms with Crippen LogP contribution < -0.4 is 10.1 Å². The van der Waals surface area contributed by atoms with Crippen molar-refractivity contribution in [1.29, 1.82) is 0 Å². The van der Waals surface area contributed by atoms with E-state index < -0.39 is 0 Å². The molecule has 1 aliphatic heterocycles. The molecule has 1 fully saturated rings. The van der Waals surface area contributed by atoms with Gasteiger partial charge in [0.05, 0.1) is 11.7 Å². The number of para-hydroxylation sites is 1. The van der Waals surface area contributed by atoms with E-state index in [9.17, 15) is 4.79 Å². The van der Waals surface area contributed by atoms with Gasteiger partial charge in [-0.2, -0.15) is 0 Å². The predicted molar refractivity (Wildman–Crippen MR) is 95.6 cm³/mol. The van der Waals surface area contributed by atoms with Gasteiger partial charge in [-0.05, 0) is 44.5 Å². The Kier molecular flexibility index (Phi) is 6.63. The van der Waals surface area contributed by atoms with Gasteiger partial charge in [0.2, 0.25) is 0 Å². The number of benzene rings is 1. The van der Waals surface area contributed by atoms with E-state index in [1.807, 2.05) is 32.3 Å². The molecule has 1 saturated heterocycles. The third kappa shape index (κ3) is 5.80. The summed E-state index contributed by atoms with van der Waals surface area (Å²) in [5.41, 5.74) is 0.586. The number of hydrogen-bond acceptors (Lipinski definition) is 4. The van der Waals surface area contributed by atoms with Crippen LogP contribution in [0, 0.1) is 5.41 Å². The molecule has 0 aromatic heterocycles. The maximum absolute atomic E-state index is 12.6. The zero-order chi connectivity index (χ0) is 17.6. The number of nitrogens with one attached hydrogen (secondary N) is 1.